The molecule has 2 nitrogen and oxygen atoms in total. The van der Waals surface area contributed by atoms with Crippen molar-refractivity contribution in [2.75, 3.05) is 9.80 Å². The molecule has 0 aliphatic heterocycles. The maximum Gasteiger partial charge on any atom is 0.0540 e. The summed E-state index contributed by atoms with van der Waals surface area (Å²) in [4.78, 5) is 4.76. The fourth-order valence-electron chi connectivity index (χ4n) is 16.3. The molecular weight excluding hydrogens is 1330 g/mol. The summed E-state index contributed by atoms with van der Waals surface area (Å²) in [6.07, 6.45) is 0. The molecule has 0 aliphatic rings. The van der Waals surface area contributed by atoms with Gasteiger partial charge in [-0.3, -0.25) is 0 Å². The zero-order chi connectivity index (χ0) is 73.1. The lowest BCUT2D eigenvalue weighted by Gasteiger charge is -2.28. The second-order valence-electron chi connectivity index (χ2n) is 28.2. The van der Waals surface area contributed by atoms with Crippen LogP contribution < -0.4 is 9.80 Å². The molecule has 0 N–H and O–H groups in total. The van der Waals surface area contributed by atoms with Crippen LogP contribution >= 0.6 is 0 Å². The van der Waals surface area contributed by atoms with Crippen molar-refractivity contribution in [2.45, 2.75) is 0 Å². The minimum Gasteiger partial charge on any atom is -0.311 e. The van der Waals surface area contributed by atoms with Crippen molar-refractivity contribution in [3.8, 4) is 89.0 Å². The third kappa shape index (κ3) is 12.9. The summed E-state index contributed by atoms with van der Waals surface area (Å²) in [5, 5.41) is 15.1. The molecule has 0 spiro atoms. The Hall–Kier alpha value is -14.4. The van der Waals surface area contributed by atoms with E-state index in [0.29, 0.717) is 0 Å². The highest BCUT2D eigenvalue weighted by Gasteiger charge is 2.21. The Bertz CT molecular complexity index is 6680. The van der Waals surface area contributed by atoms with Gasteiger partial charge in [-0.15, -0.1) is 0 Å². The van der Waals surface area contributed by atoms with Gasteiger partial charge in [0.2, 0.25) is 0 Å². The number of nitrogens with zero attached hydrogens (tertiary/aromatic N) is 2. The Balaban J connectivity index is 0.000000149. The Labute approximate surface area is 642 Å². The molecule has 0 amide bonds. The van der Waals surface area contributed by atoms with E-state index in [0.717, 1.165) is 34.1 Å². The predicted octanol–water partition coefficient (Wildman–Crippen LogP) is 30.6. The number of fused-ring (bicyclic) bond motifs is 8. The van der Waals surface area contributed by atoms with Gasteiger partial charge in [0.15, 0.2) is 0 Å². The minimum absolute atomic E-state index is 1.10. The molecule has 0 heterocycles. The summed E-state index contributed by atoms with van der Waals surface area (Å²) >= 11 is 0. The highest BCUT2D eigenvalue weighted by atomic mass is 15.1. The van der Waals surface area contributed by atoms with Gasteiger partial charge in [0, 0.05) is 33.8 Å². The fourth-order valence-corrected chi connectivity index (χ4v) is 16.3. The molecule has 20 aromatic carbocycles. The maximum absolute atomic E-state index is 2.40. The maximum atomic E-state index is 2.40. The first-order valence-electron chi connectivity index (χ1n) is 37.9. The second kappa shape index (κ2) is 29.5. The van der Waals surface area contributed by atoms with Crippen LogP contribution in [0.4, 0.5) is 34.1 Å². The summed E-state index contributed by atoms with van der Waals surface area (Å²) in [5.74, 6) is 0. The molecule has 20 rings (SSSR count). The summed E-state index contributed by atoms with van der Waals surface area (Å²) in [5.41, 5.74) is 26.1. The van der Waals surface area contributed by atoms with Gasteiger partial charge in [-0.2, -0.15) is 0 Å². The van der Waals surface area contributed by atoms with Crippen LogP contribution in [-0.2, 0) is 0 Å². The molecule has 0 radical (unpaired) electrons. The van der Waals surface area contributed by atoms with Crippen molar-refractivity contribution < 1.29 is 0 Å². The summed E-state index contributed by atoms with van der Waals surface area (Å²) in [6.45, 7) is 0. The van der Waals surface area contributed by atoms with E-state index in [2.05, 4.69) is 459 Å². The topological polar surface area (TPSA) is 6.48 Å². The molecule has 0 unspecified atom stereocenters. The first-order valence-corrected chi connectivity index (χ1v) is 37.9. The normalized spacial score (nSPS) is 11.3. The Morgan fingerprint density at radius 1 is 0.118 bits per heavy atom. The first-order chi connectivity index (χ1) is 54.6. The lowest BCUT2D eigenvalue weighted by molar-refractivity contribution is 1.28. The van der Waals surface area contributed by atoms with Gasteiger partial charge < -0.3 is 9.80 Å². The quantitative estimate of drug-likeness (QED) is 0.100. The molecule has 20 aromatic rings. The molecule has 2 heteroatoms. The molecule has 110 heavy (non-hydrogen) atoms. The third-order valence-electron chi connectivity index (χ3n) is 21.8. The van der Waals surface area contributed by atoms with Crippen molar-refractivity contribution in [3.63, 3.8) is 0 Å². The number of hydrogen-bond donors (Lipinski definition) is 0. The minimum atomic E-state index is 1.10. The van der Waals surface area contributed by atoms with Gasteiger partial charge in [-0.05, 0) is 227 Å². The Morgan fingerprint density at radius 2 is 0.327 bits per heavy atom. The third-order valence-corrected chi connectivity index (χ3v) is 21.8. The van der Waals surface area contributed by atoms with Gasteiger partial charge in [0.05, 0.1) is 5.69 Å². The number of hydrogen-bond acceptors (Lipinski definition) is 2. The number of rotatable bonds is 14. The van der Waals surface area contributed by atoms with Crippen LogP contribution in [0.5, 0.6) is 0 Å². The van der Waals surface area contributed by atoms with Crippen LogP contribution in [0.25, 0.3) is 154 Å². The Kier molecular flexibility index (Phi) is 17.8. The number of anilines is 6. The van der Waals surface area contributed by atoms with E-state index >= 15 is 0 Å². The van der Waals surface area contributed by atoms with E-state index in [9.17, 15) is 0 Å². The first kappa shape index (κ1) is 66.3. The van der Waals surface area contributed by atoms with Crippen molar-refractivity contribution >= 4 is 98.8 Å². The summed E-state index contributed by atoms with van der Waals surface area (Å²) in [7, 11) is 0. The van der Waals surface area contributed by atoms with Gasteiger partial charge >= 0.3 is 0 Å². The molecule has 516 valence electrons. The summed E-state index contributed by atoms with van der Waals surface area (Å²) in [6, 6.07) is 163. The Morgan fingerprint density at radius 3 is 0.682 bits per heavy atom. The van der Waals surface area contributed by atoms with E-state index in [1.54, 1.807) is 0 Å². The van der Waals surface area contributed by atoms with Gasteiger partial charge in [0.25, 0.3) is 0 Å². The fraction of sp³-hybridized carbons (Fsp3) is 0. The average molecular weight is 1400 g/mol. The van der Waals surface area contributed by atoms with Crippen molar-refractivity contribution in [2.24, 2.45) is 0 Å². The highest BCUT2D eigenvalue weighted by molar-refractivity contribution is 6.16. The highest BCUT2D eigenvalue weighted by Crippen LogP contribution is 2.46. The van der Waals surface area contributed by atoms with Crippen LogP contribution in [0.15, 0.2) is 449 Å². The van der Waals surface area contributed by atoms with Crippen molar-refractivity contribution in [1.29, 1.82) is 0 Å². The van der Waals surface area contributed by atoms with E-state index in [1.165, 1.54) is 154 Å². The molecule has 0 aromatic heterocycles. The van der Waals surface area contributed by atoms with E-state index in [-0.39, 0.29) is 0 Å². The van der Waals surface area contributed by atoms with E-state index in [1.807, 2.05) is 0 Å². The van der Waals surface area contributed by atoms with E-state index < -0.39 is 0 Å². The van der Waals surface area contributed by atoms with Crippen LogP contribution in [0.3, 0.4) is 0 Å². The average Bonchev–Trinajstić information content (AvgIpc) is 0.770. The number of benzene rings is 20. The standard InChI is InChI=1S/2C54H37N/c1-3-13-38(14-4-1)39-23-29-44(30-24-39)55(46-33-27-42(28-34-46)54-37-43-17-7-8-18-47(43)50-19-11-12-22-53(50)54)45-31-25-41(26-32-45)49-36-35-48(40-15-5-2-6-16-40)51-20-9-10-21-52(49)51;1-3-13-38(14-4-1)40-23-25-42(26-24-40)48-35-36-54(52-22-12-11-20-50(48)52)55(45-31-27-41(28-32-45)39-15-5-2-6-16-39)46-33-29-43(30-34-46)53-37-44-17-7-8-18-47(44)49-19-9-10-21-51(49)53/h2*1-37H. The molecule has 0 bridgehead atoms. The van der Waals surface area contributed by atoms with Gasteiger partial charge in [-0.1, -0.05) is 370 Å². The van der Waals surface area contributed by atoms with Crippen LogP contribution in [-0.4, -0.2) is 0 Å². The zero-order valence-corrected chi connectivity index (χ0v) is 60.6. The monoisotopic (exact) mass is 1400 g/mol. The molecule has 0 fully saturated rings. The summed E-state index contributed by atoms with van der Waals surface area (Å²) < 4.78 is 0. The zero-order valence-electron chi connectivity index (χ0n) is 60.6. The predicted molar refractivity (Wildman–Crippen MR) is 471 cm³/mol. The lowest BCUT2D eigenvalue weighted by atomic mass is 9.92. The second-order valence-corrected chi connectivity index (χ2v) is 28.2. The van der Waals surface area contributed by atoms with Crippen molar-refractivity contribution in [3.05, 3.63) is 449 Å². The van der Waals surface area contributed by atoms with E-state index in [4.69, 9.17) is 0 Å². The molecule has 0 atom stereocenters. The van der Waals surface area contributed by atoms with Crippen LogP contribution in [0.1, 0.15) is 0 Å². The smallest absolute Gasteiger partial charge is 0.0540 e. The lowest BCUT2D eigenvalue weighted by Crippen LogP contribution is -2.10. The molecule has 0 aliphatic carbocycles. The molecule has 0 saturated heterocycles. The molecular formula is C108H74N2. The largest absolute Gasteiger partial charge is 0.311 e. The SMILES string of the molecule is c1ccc(-c2ccc(-c3ccc(N(c4ccc(-c5ccccc5)cc4)c4ccc(-c5cc6ccccc6c6ccccc56)cc4)c4ccccc34)cc2)cc1.c1ccc(-c2ccc(N(c3ccc(-c4ccc(-c5ccccc5)c5ccccc45)cc3)c3ccc(-c4cc5ccccc5c5ccccc45)cc3)cc2)cc1. The molecule has 0 saturated carbocycles. The van der Waals surface area contributed by atoms with Gasteiger partial charge in [-0.25, -0.2) is 0 Å². The van der Waals surface area contributed by atoms with Gasteiger partial charge in [0.1, 0.15) is 0 Å². The van der Waals surface area contributed by atoms with Crippen molar-refractivity contribution in [1.82, 2.24) is 0 Å². The van der Waals surface area contributed by atoms with Crippen LogP contribution in [0, 0.1) is 0 Å². The van der Waals surface area contributed by atoms with Crippen LogP contribution in [0.2, 0.25) is 0 Å².